The molecule has 0 aliphatic rings. The minimum absolute atomic E-state index is 0.331. The van der Waals surface area contributed by atoms with Crippen molar-refractivity contribution in [1.82, 2.24) is 4.98 Å². The van der Waals surface area contributed by atoms with E-state index < -0.39 is 0 Å². The van der Waals surface area contributed by atoms with Crippen molar-refractivity contribution in [2.24, 2.45) is 0 Å². The van der Waals surface area contributed by atoms with Gasteiger partial charge in [-0.2, -0.15) is 0 Å². The second-order valence-corrected chi connectivity index (χ2v) is 5.64. The Hall–Kier alpha value is -1.15. The third-order valence-electron chi connectivity index (χ3n) is 3.24. The van der Waals surface area contributed by atoms with Crippen molar-refractivity contribution in [2.45, 2.75) is 31.5 Å². The lowest BCUT2D eigenvalue weighted by molar-refractivity contribution is 0.891. The lowest BCUT2D eigenvalue weighted by atomic mass is 10.0. The minimum atomic E-state index is 0.331. The van der Waals surface area contributed by atoms with E-state index in [0.717, 1.165) is 12.8 Å². The van der Waals surface area contributed by atoms with Gasteiger partial charge in [0.15, 0.2) is 0 Å². The van der Waals surface area contributed by atoms with Gasteiger partial charge < -0.3 is 0 Å². The summed E-state index contributed by atoms with van der Waals surface area (Å²) in [6, 6.07) is 12.9. The molecule has 1 nitrogen and oxygen atoms in total. The molecule has 1 heterocycles. The zero-order valence-corrected chi connectivity index (χ0v) is 12.4. The zero-order valence-electron chi connectivity index (χ0n) is 10.9. The summed E-state index contributed by atoms with van der Waals surface area (Å²) in [5.41, 5.74) is 5.12. The number of aryl methyl sites for hydroxylation is 2. The summed E-state index contributed by atoms with van der Waals surface area (Å²) in [6.45, 7) is 4.29. The maximum atomic E-state index is 4.45. The van der Waals surface area contributed by atoms with Crippen LogP contribution in [0.1, 0.15) is 34.1 Å². The fourth-order valence-corrected chi connectivity index (χ4v) is 2.59. The van der Waals surface area contributed by atoms with Gasteiger partial charge in [-0.05, 0) is 36.1 Å². The number of pyridine rings is 1. The molecule has 1 aromatic carbocycles. The molecule has 1 aromatic heterocycles. The van der Waals surface area contributed by atoms with Gasteiger partial charge in [-0.1, -0.05) is 53.2 Å². The molecule has 2 rings (SSSR count). The quantitative estimate of drug-likeness (QED) is 0.750. The van der Waals surface area contributed by atoms with Crippen LogP contribution in [-0.2, 0) is 12.8 Å². The minimum Gasteiger partial charge on any atom is -0.261 e. The maximum absolute atomic E-state index is 4.45. The highest BCUT2D eigenvalue weighted by atomic mass is 79.9. The molecule has 0 aliphatic heterocycles. The van der Waals surface area contributed by atoms with E-state index in [1.165, 1.54) is 22.4 Å². The van der Waals surface area contributed by atoms with Gasteiger partial charge in [0.25, 0.3) is 0 Å². The number of halogens is 1. The van der Waals surface area contributed by atoms with E-state index in [1.54, 1.807) is 0 Å². The zero-order chi connectivity index (χ0) is 13.0. The normalized spacial score (nSPS) is 12.4. The van der Waals surface area contributed by atoms with Gasteiger partial charge in [0, 0.05) is 23.1 Å². The Bertz CT molecular complexity index is 505. The van der Waals surface area contributed by atoms with E-state index in [4.69, 9.17) is 0 Å². The summed E-state index contributed by atoms with van der Waals surface area (Å²) < 4.78 is 0. The fourth-order valence-electron chi connectivity index (χ4n) is 1.98. The molecule has 1 unspecified atom stereocenters. The van der Waals surface area contributed by atoms with Gasteiger partial charge in [-0.15, -0.1) is 0 Å². The maximum Gasteiger partial charge on any atom is 0.0450 e. The summed E-state index contributed by atoms with van der Waals surface area (Å²) in [6.07, 6.45) is 3.88. The van der Waals surface area contributed by atoms with E-state index in [-0.39, 0.29) is 0 Å². The van der Waals surface area contributed by atoms with E-state index in [1.807, 2.05) is 12.3 Å². The smallest absolute Gasteiger partial charge is 0.0450 e. The number of rotatable bonds is 4. The molecule has 1 atom stereocenters. The average molecular weight is 304 g/mol. The van der Waals surface area contributed by atoms with Crippen LogP contribution in [0.4, 0.5) is 0 Å². The fraction of sp³-hybridized carbons (Fsp3) is 0.312. The first-order valence-corrected chi connectivity index (χ1v) is 7.25. The van der Waals surface area contributed by atoms with Gasteiger partial charge >= 0.3 is 0 Å². The van der Waals surface area contributed by atoms with Gasteiger partial charge in [-0.3, -0.25) is 4.98 Å². The van der Waals surface area contributed by atoms with Gasteiger partial charge in [-0.25, -0.2) is 0 Å². The average Bonchev–Trinajstić information content (AvgIpc) is 2.41. The number of aromatic nitrogens is 1. The molecule has 18 heavy (non-hydrogen) atoms. The Balaban J connectivity index is 2.11. The standard InChI is InChI=1S/C16H18BrN/c1-3-13-6-8-14(9-7-13)15(17)11-16-12(2)5-4-10-18-16/h4-10,15H,3,11H2,1-2H3. The first-order chi connectivity index (χ1) is 8.70. The molecule has 0 saturated heterocycles. The molecule has 0 fully saturated rings. The molecule has 0 radical (unpaired) electrons. The van der Waals surface area contributed by atoms with E-state index >= 15 is 0 Å². The highest BCUT2D eigenvalue weighted by Gasteiger charge is 2.10. The lowest BCUT2D eigenvalue weighted by Gasteiger charge is -2.12. The Kier molecular flexibility index (Phi) is 4.54. The van der Waals surface area contributed by atoms with Crippen LogP contribution in [0.2, 0.25) is 0 Å². The largest absolute Gasteiger partial charge is 0.261 e. The molecule has 2 aromatic rings. The summed E-state index contributed by atoms with van der Waals surface area (Å²) >= 11 is 3.76. The van der Waals surface area contributed by atoms with Crippen LogP contribution >= 0.6 is 15.9 Å². The summed E-state index contributed by atoms with van der Waals surface area (Å²) in [5, 5.41) is 0. The molecule has 0 saturated carbocycles. The molecule has 94 valence electrons. The summed E-state index contributed by atoms with van der Waals surface area (Å²) in [5.74, 6) is 0. The van der Waals surface area contributed by atoms with Crippen molar-refractivity contribution in [1.29, 1.82) is 0 Å². The number of hydrogen-bond donors (Lipinski definition) is 0. The third-order valence-corrected chi connectivity index (χ3v) is 4.09. The molecule has 0 N–H and O–H groups in total. The van der Waals surface area contributed by atoms with Gasteiger partial charge in [0.1, 0.15) is 0 Å². The topological polar surface area (TPSA) is 12.9 Å². The van der Waals surface area contributed by atoms with E-state index in [2.05, 4.69) is 65.1 Å². The van der Waals surface area contributed by atoms with Crippen LogP contribution in [0.5, 0.6) is 0 Å². The van der Waals surface area contributed by atoms with E-state index in [0.29, 0.717) is 4.83 Å². The molecular formula is C16H18BrN. The highest BCUT2D eigenvalue weighted by Crippen LogP contribution is 2.27. The first-order valence-electron chi connectivity index (χ1n) is 6.34. The van der Waals surface area contributed by atoms with Crippen LogP contribution in [0.3, 0.4) is 0 Å². The second kappa shape index (κ2) is 6.14. The van der Waals surface area contributed by atoms with E-state index in [9.17, 15) is 0 Å². The predicted molar refractivity (Wildman–Crippen MR) is 80.2 cm³/mol. The SMILES string of the molecule is CCc1ccc(C(Br)Cc2ncccc2C)cc1. The Labute approximate surface area is 117 Å². The van der Waals surface area contributed by atoms with Crippen LogP contribution in [-0.4, -0.2) is 4.98 Å². The lowest BCUT2D eigenvalue weighted by Crippen LogP contribution is -2.00. The van der Waals surface area contributed by atoms with Gasteiger partial charge in [0.2, 0.25) is 0 Å². The number of alkyl halides is 1. The van der Waals surface area contributed by atoms with Crippen molar-refractivity contribution in [3.05, 3.63) is 65.0 Å². The summed E-state index contributed by atoms with van der Waals surface area (Å²) in [7, 11) is 0. The van der Waals surface area contributed by atoms with Crippen molar-refractivity contribution < 1.29 is 0 Å². The first kappa shape index (κ1) is 13.3. The van der Waals surface area contributed by atoms with Crippen LogP contribution in [0, 0.1) is 6.92 Å². The number of hydrogen-bond acceptors (Lipinski definition) is 1. The summed E-state index contributed by atoms with van der Waals surface area (Å²) in [4.78, 5) is 4.78. The highest BCUT2D eigenvalue weighted by molar-refractivity contribution is 9.09. The molecular weight excluding hydrogens is 286 g/mol. The van der Waals surface area contributed by atoms with Crippen molar-refractivity contribution >= 4 is 15.9 Å². The van der Waals surface area contributed by atoms with Crippen molar-refractivity contribution in [3.63, 3.8) is 0 Å². The number of benzene rings is 1. The Morgan fingerprint density at radius 3 is 2.50 bits per heavy atom. The molecule has 2 heteroatoms. The monoisotopic (exact) mass is 303 g/mol. The molecule has 0 amide bonds. The van der Waals surface area contributed by atoms with Crippen LogP contribution < -0.4 is 0 Å². The predicted octanol–water partition coefficient (Wildman–Crippen LogP) is 4.63. The van der Waals surface area contributed by atoms with Crippen LogP contribution in [0.15, 0.2) is 42.6 Å². The third kappa shape index (κ3) is 3.20. The Morgan fingerprint density at radius 1 is 1.17 bits per heavy atom. The molecule has 0 aliphatic carbocycles. The second-order valence-electron chi connectivity index (χ2n) is 4.53. The van der Waals surface area contributed by atoms with Gasteiger partial charge in [0.05, 0.1) is 0 Å². The number of nitrogens with zero attached hydrogens (tertiary/aromatic N) is 1. The van der Waals surface area contributed by atoms with Crippen molar-refractivity contribution in [3.8, 4) is 0 Å². The van der Waals surface area contributed by atoms with Crippen molar-refractivity contribution in [2.75, 3.05) is 0 Å². The van der Waals surface area contributed by atoms with Crippen LogP contribution in [0.25, 0.3) is 0 Å². The molecule has 0 bridgehead atoms. The Morgan fingerprint density at radius 2 is 1.89 bits per heavy atom. The molecule has 0 spiro atoms.